The van der Waals surface area contributed by atoms with Crippen LogP contribution in [-0.2, 0) is 0 Å². The van der Waals surface area contributed by atoms with E-state index >= 15 is 0 Å². The maximum Gasteiger partial charge on any atom is 0.0325 e. The molecule has 0 radical (unpaired) electrons. The molecule has 0 aliphatic carbocycles. The van der Waals surface area contributed by atoms with E-state index in [0.717, 1.165) is 0 Å². The summed E-state index contributed by atoms with van der Waals surface area (Å²) < 4.78 is 0. The largest absolute Gasteiger partial charge is 0.290 e. The molecular weight excluding hydrogens is 170 g/mol. The Morgan fingerprint density at radius 3 is 2.64 bits per heavy atom. The SMILES string of the molecule is C=C[C@H]1CCN1[C@@H](C)c1ccccc1. The Labute approximate surface area is 86.1 Å². The van der Waals surface area contributed by atoms with Crippen molar-refractivity contribution in [3.63, 3.8) is 0 Å². The van der Waals surface area contributed by atoms with E-state index in [0.29, 0.717) is 12.1 Å². The topological polar surface area (TPSA) is 3.24 Å². The van der Waals surface area contributed by atoms with Gasteiger partial charge in [0, 0.05) is 18.6 Å². The maximum atomic E-state index is 3.87. The zero-order chi connectivity index (χ0) is 9.97. The van der Waals surface area contributed by atoms with Gasteiger partial charge in [-0.15, -0.1) is 6.58 Å². The van der Waals surface area contributed by atoms with Crippen molar-refractivity contribution in [1.82, 2.24) is 4.90 Å². The summed E-state index contributed by atoms with van der Waals surface area (Å²) in [6.07, 6.45) is 3.32. The standard InChI is InChI=1S/C13H17N/c1-3-13-9-10-14(13)11(2)12-7-5-4-6-8-12/h3-8,11,13H,1,9-10H2,2H3/t11-,13-/m0/s1. The van der Waals surface area contributed by atoms with Gasteiger partial charge in [-0.25, -0.2) is 0 Å². The molecule has 74 valence electrons. The van der Waals surface area contributed by atoms with Gasteiger partial charge in [-0.3, -0.25) is 4.90 Å². The first-order valence-electron chi connectivity index (χ1n) is 5.26. The van der Waals surface area contributed by atoms with Gasteiger partial charge < -0.3 is 0 Å². The molecule has 1 nitrogen and oxygen atoms in total. The number of hydrogen-bond acceptors (Lipinski definition) is 1. The average Bonchev–Trinajstić information content (AvgIpc) is 2.18. The highest BCUT2D eigenvalue weighted by atomic mass is 15.2. The second-order valence-corrected chi connectivity index (χ2v) is 3.92. The van der Waals surface area contributed by atoms with Crippen molar-refractivity contribution in [1.29, 1.82) is 0 Å². The van der Waals surface area contributed by atoms with Crippen LogP contribution in [0.1, 0.15) is 24.9 Å². The predicted octanol–water partition coefficient (Wildman–Crippen LogP) is 3.01. The lowest BCUT2D eigenvalue weighted by atomic mass is 9.96. The Kier molecular flexibility index (Phi) is 2.69. The molecule has 2 atom stereocenters. The minimum Gasteiger partial charge on any atom is -0.290 e. The molecule has 1 heterocycles. The lowest BCUT2D eigenvalue weighted by molar-refractivity contribution is 0.0789. The van der Waals surface area contributed by atoms with Gasteiger partial charge in [0.2, 0.25) is 0 Å². The summed E-state index contributed by atoms with van der Waals surface area (Å²) in [4.78, 5) is 2.49. The van der Waals surface area contributed by atoms with Crippen LogP contribution in [0.25, 0.3) is 0 Å². The summed E-state index contributed by atoms with van der Waals surface area (Å²) in [6.45, 7) is 7.34. The molecule has 0 bridgehead atoms. The molecule has 1 fully saturated rings. The summed E-state index contributed by atoms with van der Waals surface area (Å²) in [6, 6.07) is 11.8. The number of rotatable bonds is 3. The number of likely N-dealkylation sites (tertiary alicyclic amines) is 1. The van der Waals surface area contributed by atoms with Crippen LogP contribution in [0.3, 0.4) is 0 Å². The van der Waals surface area contributed by atoms with Gasteiger partial charge in [-0.1, -0.05) is 36.4 Å². The Morgan fingerprint density at radius 1 is 1.43 bits per heavy atom. The number of benzene rings is 1. The highest BCUT2D eigenvalue weighted by Gasteiger charge is 2.29. The van der Waals surface area contributed by atoms with Crippen molar-refractivity contribution >= 4 is 0 Å². The fraction of sp³-hybridized carbons (Fsp3) is 0.385. The van der Waals surface area contributed by atoms with Crippen LogP contribution in [0.5, 0.6) is 0 Å². The first-order chi connectivity index (χ1) is 6.83. The first-order valence-corrected chi connectivity index (χ1v) is 5.26. The minimum absolute atomic E-state index is 0.521. The van der Waals surface area contributed by atoms with E-state index in [2.05, 4.69) is 54.8 Å². The van der Waals surface area contributed by atoms with E-state index in [9.17, 15) is 0 Å². The molecule has 1 aromatic rings. The monoisotopic (exact) mass is 187 g/mol. The quantitative estimate of drug-likeness (QED) is 0.657. The molecule has 0 N–H and O–H groups in total. The number of hydrogen-bond donors (Lipinski definition) is 0. The molecule has 0 saturated carbocycles. The van der Waals surface area contributed by atoms with Crippen molar-refractivity contribution in [2.45, 2.75) is 25.4 Å². The van der Waals surface area contributed by atoms with Gasteiger partial charge in [-0.2, -0.15) is 0 Å². The predicted molar refractivity (Wildman–Crippen MR) is 60.2 cm³/mol. The molecule has 0 aromatic heterocycles. The Balaban J connectivity index is 2.09. The molecule has 1 aromatic carbocycles. The van der Waals surface area contributed by atoms with Gasteiger partial charge in [0.05, 0.1) is 0 Å². The summed E-state index contributed by atoms with van der Waals surface area (Å²) in [5.41, 5.74) is 1.40. The van der Waals surface area contributed by atoms with E-state index < -0.39 is 0 Å². The van der Waals surface area contributed by atoms with Crippen LogP contribution in [-0.4, -0.2) is 17.5 Å². The summed E-state index contributed by atoms with van der Waals surface area (Å²) in [7, 11) is 0. The smallest absolute Gasteiger partial charge is 0.0325 e. The van der Waals surface area contributed by atoms with Crippen LogP contribution in [0, 0.1) is 0 Å². The fourth-order valence-corrected chi connectivity index (χ4v) is 2.08. The van der Waals surface area contributed by atoms with Crippen molar-refractivity contribution in [2.24, 2.45) is 0 Å². The van der Waals surface area contributed by atoms with Crippen LogP contribution >= 0.6 is 0 Å². The third-order valence-electron chi connectivity index (χ3n) is 3.16. The van der Waals surface area contributed by atoms with E-state index in [1.807, 2.05) is 0 Å². The Morgan fingerprint density at radius 2 is 2.14 bits per heavy atom. The zero-order valence-corrected chi connectivity index (χ0v) is 8.69. The molecule has 1 heteroatoms. The van der Waals surface area contributed by atoms with Crippen LogP contribution in [0.4, 0.5) is 0 Å². The third-order valence-corrected chi connectivity index (χ3v) is 3.16. The van der Waals surface area contributed by atoms with Gasteiger partial charge in [0.15, 0.2) is 0 Å². The van der Waals surface area contributed by atoms with Crippen molar-refractivity contribution in [2.75, 3.05) is 6.54 Å². The van der Waals surface area contributed by atoms with Crippen LogP contribution in [0.15, 0.2) is 43.0 Å². The second kappa shape index (κ2) is 3.97. The van der Waals surface area contributed by atoms with Gasteiger partial charge in [-0.05, 0) is 18.9 Å². The molecule has 1 saturated heterocycles. The molecule has 0 amide bonds. The summed E-state index contributed by atoms with van der Waals surface area (Å²) >= 11 is 0. The van der Waals surface area contributed by atoms with Crippen molar-refractivity contribution in [3.8, 4) is 0 Å². The van der Waals surface area contributed by atoms with E-state index in [1.165, 1.54) is 18.5 Å². The van der Waals surface area contributed by atoms with Crippen LogP contribution < -0.4 is 0 Å². The van der Waals surface area contributed by atoms with E-state index in [1.54, 1.807) is 0 Å². The fourth-order valence-electron chi connectivity index (χ4n) is 2.08. The lowest BCUT2D eigenvalue weighted by Gasteiger charge is -2.43. The second-order valence-electron chi connectivity index (χ2n) is 3.92. The molecule has 2 rings (SSSR count). The van der Waals surface area contributed by atoms with Crippen molar-refractivity contribution in [3.05, 3.63) is 48.6 Å². The van der Waals surface area contributed by atoms with Crippen molar-refractivity contribution < 1.29 is 0 Å². The first kappa shape index (κ1) is 9.47. The highest BCUT2D eigenvalue weighted by Crippen LogP contribution is 2.30. The summed E-state index contributed by atoms with van der Waals surface area (Å²) in [5, 5.41) is 0. The minimum atomic E-state index is 0.521. The Bertz CT molecular complexity index is 304. The summed E-state index contributed by atoms with van der Waals surface area (Å²) in [5.74, 6) is 0. The third kappa shape index (κ3) is 1.60. The molecule has 0 unspecified atom stereocenters. The molecular formula is C13H17N. The lowest BCUT2D eigenvalue weighted by Crippen LogP contribution is -2.47. The normalized spacial score (nSPS) is 23.9. The number of nitrogens with zero attached hydrogens (tertiary/aromatic N) is 1. The van der Waals surface area contributed by atoms with Gasteiger partial charge in [0.25, 0.3) is 0 Å². The molecule has 1 aliphatic rings. The highest BCUT2D eigenvalue weighted by molar-refractivity contribution is 5.19. The molecule has 0 spiro atoms. The Hall–Kier alpha value is -1.08. The van der Waals surface area contributed by atoms with E-state index in [-0.39, 0.29) is 0 Å². The zero-order valence-electron chi connectivity index (χ0n) is 8.69. The average molecular weight is 187 g/mol. The van der Waals surface area contributed by atoms with Gasteiger partial charge >= 0.3 is 0 Å². The maximum absolute atomic E-state index is 3.87. The van der Waals surface area contributed by atoms with Gasteiger partial charge in [0.1, 0.15) is 0 Å². The molecule has 14 heavy (non-hydrogen) atoms. The van der Waals surface area contributed by atoms with Crippen LogP contribution in [0.2, 0.25) is 0 Å². The molecule has 1 aliphatic heterocycles. The van der Waals surface area contributed by atoms with E-state index in [4.69, 9.17) is 0 Å².